The minimum absolute atomic E-state index is 0.0537. The summed E-state index contributed by atoms with van der Waals surface area (Å²) in [5.41, 5.74) is 3.29. The van der Waals surface area contributed by atoms with Gasteiger partial charge in [0.25, 0.3) is 5.91 Å². The first-order valence-electron chi connectivity index (χ1n) is 10.6. The lowest BCUT2D eigenvalue weighted by Gasteiger charge is -2.33. The van der Waals surface area contributed by atoms with E-state index in [1.807, 2.05) is 25.1 Å². The number of halogens is 3. The lowest BCUT2D eigenvalue weighted by atomic mass is 10.0. The fourth-order valence-corrected chi connectivity index (χ4v) is 6.11. The molecular weight excluding hydrogens is 480 g/mol. The summed E-state index contributed by atoms with van der Waals surface area (Å²) in [6.07, 6.45) is 0. The van der Waals surface area contributed by atoms with Crippen molar-refractivity contribution in [3.05, 3.63) is 94.0 Å². The van der Waals surface area contributed by atoms with Crippen LogP contribution in [0.3, 0.4) is 0 Å². The maximum atomic E-state index is 14.0. The second kappa shape index (κ2) is 8.60. The van der Waals surface area contributed by atoms with E-state index in [-0.39, 0.29) is 12.5 Å². The molecule has 1 unspecified atom stereocenters. The van der Waals surface area contributed by atoms with E-state index in [1.165, 1.54) is 17.8 Å². The lowest BCUT2D eigenvalue weighted by Crippen LogP contribution is -2.51. The number of fused-ring (bicyclic) bond motifs is 2. The Kier molecular flexibility index (Phi) is 5.73. The van der Waals surface area contributed by atoms with Gasteiger partial charge in [-0.2, -0.15) is 0 Å². The van der Waals surface area contributed by atoms with Gasteiger partial charge >= 0.3 is 6.03 Å². The van der Waals surface area contributed by atoms with Gasteiger partial charge in [0.05, 0.1) is 12.2 Å². The van der Waals surface area contributed by atoms with Gasteiger partial charge in [0, 0.05) is 28.6 Å². The van der Waals surface area contributed by atoms with Crippen LogP contribution in [-0.2, 0) is 16.2 Å². The third kappa shape index (κ3) is 3.71. The first kappa shape index (κ1) is 22.7. The molecule has 5 nitrogen and oxygen atoms in total. The molecule has 2 aliphatic rings. The number of hydrogen-bond acceptors (Lipinski definition) is 3. The van der Waals surface area contributed by atoms with Gasteiger partial charge in [-0.3, -0.25) is 9.69 Å². The molecular formula is C25H20ClF2N3O2S. The van der Waals surface area contributed by atoms with E-state index in [4.69, 9.17) is 11.6 Å². The number of aryl methyl sites for hydroxylation is 1. The number of benzene rings is 3. The van der Waals surface area contributed by atoms with Gasteiger partial charge in [0.15, 0.2) is 16.5 Å². The second-order valence-electron chi connectivity index (χ2n) is 8.24. The first-order chi connectivity index (χ1) is 16.3. The van der Waals surface area contributed by atoms with Crippen molar-refractivity contribution in [2.24, 2.45) is 0 Å². The van der Waals surface area contributed by atoms with Gasteiger partial charge in [-0.15, -0.1) is 11.8 Å². The molecule has 1 atom stereocenters. The predicted octanol–water partition coefficient (Wildman–Crippen LogP) is 5.91. The molecule has 2 heterocycles. The Morgan fingerprint density at radius 1 is 1.12 bits per heavy atom. The summed E-state index contributed by atoms with van der Waals surface area (Å²) in [4.78, 5) is 29.2. The Labute approximate surface area is 204 Å². The molecule has 5 rings (SSSR count). The fraction of sp³-hybridized carbons (Fsp3) is 0.200. The first-order valence-corrected chi connectivity index (χ1v) is 12.0. The molecule has 0 saturated carbocycles. The van der Waals surface area contributed by atoms with Crippen molar-refractivity contribution in [3.8, 4) is 0 Å². The van der Waals surface area contributed by atoms with Crippen LogP contribution in [0.2, 0.25) is 5.02 Å². The minimum Gasteiger partial charge on any atom is -0.308 e. The number of anilines is 2. The Bertz CT molecular complexity index is 1320. The molecule has 2 aliphatic heterocycles. The Balaban J connectivity index is 1.53. The van der Waals surface area contributed by atoms with Crippen molar-refractivity contribution in [2.75, 3.05) is 22.5 Å². The number of hydrogen-bond donors (Lipinski definition) is 1. The van der Waals surface area contributed by atoms with E-state index in [0.717, 1.165) is 17.7 Å². The Morgan fingerprint density at radius 3 is 2.71 bits per heavy atom. The van der Waals surface area contributed by atoms with Crippen molar-refractivity contribution in [1.29, 1.82) is 0 Å². The predicted molar refractivity (Wildman–Crippen MR) is 130 cm³/mol. The summed E-state index contributed by atoms with van der Waals surface area (Å²) < 4.78 is 27.3. The highest BCUT2D eigenvalue weighted by Crippen LogP contribution is 2.54. The molecule has 3 aromatic rings. The molecule has 1 fully saturated rings. The summed E-state index contributed by atoms with van der Waals surface area (Å²) >= 11 is 7.45. The molecule has 1 N–H and O–H groups in total. The Hall–Kier alpha value is -3.10. The maximum absolute atomic E-state index is 14.0. The second-order valence-corrected chi connectivity index (χ2v) is 9.97. The van der Waals surface area contributed by atoms with Crippen LogP contribution in [0.1, 0.15) is 16.7 Å². The van der Waals surface area contributed by atoms with Crippen LogP contribution in [-0.4, -0.2) is 29.1 Å². The normalized spacial score (nSPS) is 19.1. The smallest absolute Gasteiger partial charge is 0.308 e. The van der Waals surface area contributed by atoms with Gasteiger partial charge in [-0.25, -0.2) is 13.6 Å². The summed E-state index contributed by atoms with van der Waals surface area (Å²) in [6.45, 7) is 2.35. The van der Waals surface area contributed by atoms with Crippen LogP contribution in [0.25, 0.3) is 0 Å². The highest BCUT2D eigenvalue weighted by atomic mass is 35.5. The summed E-state index contributed by atoms with van der Waals surface area (Å²) in [5.74, 6) is -1.64. The molecule has 34 heavy (non-hydrogen) atoms. The van der Waals surface area contributed by atoms with Crippen LogP contribution >= 0.6 is 23.4 Å². The lowest BCUT2D eigenvalue weighted by molar-refractivity contribution is -0.123. The van der Waals surface area contributed by atoms with E-state index in [1.54, 1.807) is 34.1 Å². The van der Waals surface area contributed by atoms with Gasteiger partial charge in [-0.05, 0) is 48.9 Å². The molecule has 9 heteroatoms. The monoisotopic (exact) mass is 499 g/mol. The van der Waals surface area contributed by atoms with Crippen molar-refractivity contribution in [3.63, 3.8) is 0 Å². The number of thioether (sulfide) groups is 1. The third-order valence-electron chi connectivity index (χ3n) is 5.99. The number of amides is 3. The molecule has 0 aromatic heterocycles. The molecule has 1 spiro atoms. The van der Waals surface area contributed by atoms with E-state index in [9.17, 15) is 18.4 Å². The molecule has 3 aromatic carbocycles. The van der Waals surface area contributed by atoms with Gasteiger partial charge < -0.3 is 10.2 Å². The van der Waals surface area contributed by atoms with E-state index >= 15 is 0 Å². The number of carbonyl (C=O) groups is 2. The number of nitrogens with zero attached hydrogens (tertiary/aromatic N) is 2. The van der Waals surface area contributed by atoms with E-state index in [0.29, 0.717) is 39.8 Å². The number of rotatable bonds is 3. The summed E-state index contributed by atoms with van der Waals surface area (Å²) in [5, 5.41) is 3.33. The maximum Gasteiger partial charge on any atom is 0.323 e. The van der Waals surface area contributed by atoms with Crippen LogP contribution in [0, 0.1) is 18.6 Å². The zero-order valence-corrected chi connectivity index (χ0v) is 19.7. The van der Waals surface area contributed by atoms with Crippen molar-refractivity contribution >= 4 is 46.7 Å². The van der Waals surface area contributed by atoms with Crippen LogP contribution in [0.4, 0.5) is 25.0 Å². The number of urea groups is 1. The third-order valence-corrected chi connectivity index (χ3v) is 7.65. The SMILES string of the molecule is Cc1ccc2c(c1)C1(SCCN1C(=O)Nc1cccc(Cl)c1)C(=O)N2Cc1ccc(F)c(F)c1. The zero-order valence-electron chi connectivity index (χ0n) is 18.1. The topological polar surface area (TPSA) is 52.7 Å². The number of nitrogens with one attached hydrogen (secondary N) is 1. The van der Waals surface area contributed by atoms with E-state index < -0.39 is 22.5 Å². The zero-order chi connectivity index (χ0) is 24.0. The van der Waals surface area contributed by atoms with Gasteiger partial charge in [0.1, 0.15) is 0 Å². The molecule has 3 amide bonds. The number of carbonyl (C=O) groups excluding carboxylic acids is 2. The van der Waals surface area contributed by atoms with E-state index in [2.05, 4.69) is 5.32 Å². The van der Waals surface area contributed by atoms with Crippen LogP contribution in [0.5, 0.6) is 0 Å². The Morgan fingerprint density at radius 2 is 1.94 bits per heavy atom. The molecule has 1 saturated heterocycles. The molecule has 0 bridgehead atoms. The van der Waals surface area contributed by atoms with Crippen LogP contribution < -0.4 is 10.2 Å². The standard InChI is InChI=1S/C25H20ClF2N3O2S/c1-15-5-8-22-19(11-15)25(23(32)30(22)14-16-6-7-20(27)21(28)12-16)31(9-10-34-25)24(33)29-18-4-2-3-17(26)13-18/h2-8,11-13H,9-10,14H2,1H3,(H,29,33). The van der Waals surface area contributed by atoms with Crippen molar-refractivity contribution in [1.82, 2.24) is 4.90 Å². The largest absolute Gasteiger partial charge is 0.323 e. The van der Waals surface area contributed by atoms with Gasteiger partial charge in [0.2, 0.25) is 0 Å². The summed E-state index contributed by atoms with van der Waals surface area (Å²) in [6, 6.07) is 15.6. The van der Waals surface area contributed by atoms with Crippen LogP contribution in [0.15, 0.2) is 60.7 Å². The highest BCUT2D eigenvalue weighted by Gasteiger charge is 2.59. The molecule has 0 aliphatic carbocycles. The highest BCUT2D eigenvalue weighted by molar-refractivity contribution is 8.01. The average molecular weight is 500 g/mol. The molecule has 0 radical (unpaired) electrons. The summed E-state index contributed by atoms with van der Waals surface area (Å²) in [7, 11) is 0. The van der Waals surface area contributed by atoms with Crippen molar-refractivity contribution in [2.45, 2.75) is 18.3 Å². The van der Waals surface area contributed by atoms with Gasteiger partial charge in [-0.1, -0.05) is 41.4 Å². The van der Waals surface area contributed by atoms with Crippen molar-refractivity contribution < 1.29 is 18.4 Å². The average Bonchev–Trinajstić information content (AvgIpc) is 3.34. The molecule has 174 valence electrons. The quantitative estimate of drug-likeness (QED) is 0.487. The fourth-order valence-electron chi connectivity index (χ4n) is 4.46. The minimum atomic E-state index is -1.25.